The van der Waals surface area contributed by atoms with Crippen LogP contribution >= 0.6 is 15.6 Å². The number of hydrogen-bond donors (Lipinski definition) is 3. The first-order chi connectivity index (χ1) is 55.4. The number of phosphoric ester groups is 2. The van der Waals surface area contributed by atoms with Crippen LogP contribution in [0.15, 0.2) is 0 Å². The molecular formula is C95H186O17P2. The third-order valence-electron chi connectivity index (χ3n) is 22.8. The fraction of sp³-hybridized carbons (Fsp3) is 0.958. The number of rotatable bonds is 94. The summed E-state index contributed by atoms with van der Waals surface area (Å²) in [6, 6.07) is 0. The maximum atomic E-state index is 13.2. The van der Waals surface area contributed by atoms with Crippen molar-refractivity contribution >= 4 is 39.5 Å². The summed E-state index contributed by atoms with van der Waals surface area (Å²) < 4.78 is 69.1. The van der Waals surface area contributed by atoms with Crippen molar-refractivity contribution in [1.82, 2.24) is 0 Å². The molecule has 0 aromatic carbocycles. The molecule has 0 heterocycles. The number of ether oxygens (including phenoxy) is 4. The Labute approximate surface area is 702 Å². The summed E-state index contributed by atoms with van der Waals surface area (Å²) in [6.45, 7) is 9.81. The lowest BCUT2D eigenvalue weighted by Gasteiger charge is -2.21. The highest BCUT2D eigenvalue weighted by Crippen LogP contribution is 2.45. The van der Waals surface area contributed by atoms with Crippen LogP contribution in [-0.4, -0.2) is 96.7 Å². The first-order valence-electron chi connectivity index (χ1n) is 49.0. The van der Waals surface area contributed by atoms with Crippen molar-refractivity contribution in [2.24, 2.45) is 11.8 Å². The van der Waals surface area contributed by atoms with E-state index in [-0.39, 0.29) is 25.7 Å². The third-order valence-corrected chi connectivity index (χ3v) is 24.7. The van der Waals surface area contributed by atoms with Crippen molar-refractivity contribution in [1.29, 1.82) is 0 Å². The van der Waals surface area contributed by atoms with Crippen molar-refractivity contribution in [2.45, 2.75) is 535 Å². The average Bonchev–Trinajstić information content (AvgIpc) is 0.897. The molecule has 0 radical (unpaired) electrons. The van der Waals surface area contributed by atoms with Crippen LogP contribution in [0.4, 0.5) is 0 Å². The van der Waals surface area contributed by atoms with E-state index in [9.17, 15) is 43.2 Å². The minimum atomic E-state index is -4.97. The molecule has 6 atom stereocenters. The summed E-state index contributed by atoms with van der Waals surface area (Å²) >= 11 is 0. The second-order valence-electron chi connectivity index (χ2n) is 34.8. The van der Waals surface area contributed by atoms with E-state index in [0.717, 1.165) is 102 Å². The molecule has 0 saturated carbocycles. The molecule has 19 heteroatoms. The Morgan fingerprint density at radius 1 is 0.254 bits per heavy atom. The van der Waals surface area contributed by atoms with Gasteiger partial charge in [0.05, 0.1) is 26.4 Å². The van der Waals surface area contributed by atoms with Gasteiger partial charge in [-0.25, -0.2) is 9.13 Å². The van der Waals surface area contributed by atoms with E-state index in [1.165, 1.54) is 334 Å². The molecule has 0 fully saturated rings. The van der Waals surface area contributed by atoms with E-state index in [4.69, 9.17) is 37.0 Å². The number of aliphatic hydroxyl groups excluding tert-OH is 1. The minimum Gasteiger partial charge on any atom is -0.462 e. The monoisotopic (exact) mass is 1660 g/mol. The molecule has 0 aromatic rings. The molecule has 0 bridgehead atoms. The zero-order valence-electron chi connectivity index (χ0n) is 75.4. The minimum absolute atomic E-state index is 0.109. The molecule has 0 amide bonds. The summed E-state index contributed by atoms with van der Waals surface area (Å²) in [5.74, 6) is -0.402. The normalized spacial score (nSPS) is 13.9. The van der Waals surface area contributed by atoms with E-state index < -0.39 is 97.5 Å². The molecule has 0 aliphatic carbocycles. The number of carbonyl (C=O) groups excluding carboxylic acids is 4. The quantitative estimate of drug-likeness (QED) is 0.0222. The summed E-state index contributed by atoms with van der Waals surface area (Å²) in [6.07, 6.45) is 82.2. The lowest BCUT2D eigenvalue weighted by Crippen LogP contribution is -2.30. The smallest absolute Gasteiger partial charge is 0.462 e. The Morgan fingerprint density at radius 3 is 0.667 bits per heavy atom. The highest BCUT2D eigenvalue weighted by atomic mass is 31.2. The largest absolute Gasteiger partial charge is 0.472 e. The molecular weight excluding hydrogens is 1470 g/mol. The Kier molecular flexibility index (Phi) is 84.6. The van der Waals surface area contributed by atoms with Crippen LogP contribution in [0.1, 0.15) is 517 Å². The molecule has 0 aliphatic heterocycles. The molecule has 0 aliphatic rings. The van der Waals surface area contributed by atoms with Crippen LogP contribution < -0.4 is 0 Å². The number of unbranched alkanes of at least 4 members (excludes halogenated alkanes) is 63. The lowest BCUT2D eigenvalue weighted by atomic mass is 9.99. The predicted octanol–water partition coefficient (Wildman–Crippen LogP) is 29.7. The maximum absolute atomic E-state index is 13.2. The third kappa shape index (κ3) is 86.4. The molecule has 0 saturated heterocycles. The van der Waals surface area contributed by atoms with Gasteiger partial charge in [0.2, 0.25) is 0 Å². The van der Waals surface area contributed by atoms with Crippen LogP contribution in [0.25, 0.3) is 0 Å². The van der Waals surface area contributed by atoms with Gasteiger partial charge in [0.25, 0.3) is 0 Å². The molecule has 0 spiro atoms. The first-order valence-corrected chi connectivity index (χ1v) is 52.0. The van der Waals surface area contributed by atoms with Gasteiger partial charge in [-0.2, -0.15) is 0 Å². The molecule has 678 valence electrons. The van der Waals surface area contributed by atoms with Gasteiger partial charge in [-0.05, 0) is 37.5 Å². The van der Waals surface area contributed by atoms with Crippen molar-refractivity contribution in [3.63, 3.8) is 0 Å². The number of aliphatic hydroxyl groups is 1. The predicted molar refractivity (Wildman–Crippen MR) is 474 cm³/mol. The average molecular weight is 1660 g/mol. The zero-order valence-corrected chi connectivity index (χ0v) is 77.2. The van der Waals surface area contributed by atoms with Crippen LogP contribution in [0.2, 0.25) is 0 Å². The second kappa shape index (κ2) is 86.0. The van der Waals surface area contributed by atoms with Gasteiger partial charge in [-0.15, -0.1) is 0 Å². The van der Waals surface area contributed by atoms with Gasteiger partial charge in [-0.1, -0.05) is 465 Å². The number of phosphoric acid groups is 2. The molecule has 0 rings (SSSR count). The Morgan fingerprint density at radius 2 is 0.447 bits per heavy atom. The lowest BCUT2D eigenvalue weighted by molar-refractivity contribution is -0.161. The zero-order chi connectivity index (χ0) is 83.4. The highest BCUT2D eigenvalue weighted by Gasteiger charge is 2.31. The number of esters is 4. The molecule has 3 unspecified atom stereocenters. The Balaban J connectivity index is 5.18. The first kappa shape index (κ1) is 112. The van der Waals surface area contributed by atoms with Crippen LogP contribution in [-0.2, 0) is 65.4 Å². The SMILES string of the molecule is CCCCCCCCCCCCCCCCCCCCCCCCC(=O)OC[C@H](COP(=O)(O)OC[C@@H](O)COP(=O)(O)OC[C@@H](COC(=O)CCCCCCCCCCC)OC(=O)CCCCCCCCCCCCCCCCCCCCC(C)C)OC(=O)CCCCCCCCCCCCCCCCCCCCC(C)CC. The van der Waals surface area contributed by atoms with Crippen LogP contribution in [0.3, 0.4) is 0 Å². The fourth-order valence-corrected chi connectivity index (χ4v) is 16.6. The van der Waals surface area contributed by atoms with Crippen molar-refractivity contribution < 1.29 is 80.2 Å². The summed E-state index contributed by atoms with van der Waals surface area (Å²) in [5, 5.41) is 10.7. The topological polar surface area (TPSA) is 237 Å². The fourth-order valence-electron chi connectivity index (χ4n) is 15.0. The van der Waals surface area contributed by atoms with Gasteiger partial charge in [0.15, 0.2) is 12.2 Å². The van der Waals surface area contributed by atoms with Crippen LogP contribution in [0, 0.1) is 11.8 Å². The van der Waals surface area contributed by atoms with Gasteiger partial charge in [0.1, 0.15) is 19.3 Å². The van der Waals surface area contributed by atoms with Gasteiger partial charge >= 0.3 is 39.5 Å². The summed E-state index contributed by atoms with van der Waals surface area (Å²) in [4.78, 5) is 73.4. The molecule has 114 heavy (non-hydrogen) atoms. The van der Waals surface area contributed by atoms with Crippen molar-refractivity contribution in [3.05, 3.63) is 0 Å². The van der Waals surface area contributed by atoms with E-state index in [2.05, 4.69) is 41.5 Å². The van der Waals surface area contributed by atoms with E-state index >= 15 is 0 Å². The van der Waals surface area contributed by atoms with Gasteiger partial charge in [0, 0.05) is 25.7 Å². The van der Waals surface area contributed by atoms with Gasteiger partial charge < -0.3 is 33.8 Å². The van der Waals surface area contributed by atoms with Crippen molar-refractivity contribution in [3.8, 4) is 0 Å². The standard InChI is InChI=1S/C95H186O17P2/c1-7-10-12-14-16-18-19-20-21-22-23-24-25-26-33-38-43-48-54-60-66-72-78-93(98)106-84-91(112-95(100)80-74-68-62-56-50-45-40-35-30-28-32-37-42-47-53-58-64-70-76-88(6)9-3)86-110-114(103,104)108-82-89(96)81-107-113(101,102)109-85-90(83-105-92(97)77-71-65-59-51-17-15-13-11-8-2)111-94(99)79-73-67-61-55-49-44-39-34-29-27-31-36-41-46-52-57-63-69-75-87(4)5/h87-91,96H,7-86H2,1-6H3,(H,101,102)(H,103,104)/t88?,89-,90+,91+/m0/s1. The molecule has 0 aromatic heterocycles. The van der Waals surface area contributed by atoms with Crippen LogP contribution in [0.5, 0.6) is 0 Å². The molecule has 3 N–H and O–H groups in total. The second-order valence-corrected chi connectivity index (χ2v) is 37.7. The highest BCUT2D eigenvalue weighted by molar-refractivity contribution is 7.47. The Hall–Kier alpha value is -1.94. The Bertz CT molecular complexity index is 2170. The summed E-state index contributed by atoms with van der Waals surface area (Å²) in [7, 11) is -9.94. The van der Waals surface area contributed by atoms with E-state index in [1.54, 1.807) is 0 Å². The van der Waals surface area contributed by atoms with E-state index in [1.807, 2.05) is 0 Å². The maximum Gasteiger partial charge on any atom is 0.472 e. The number of hydrogen-bond acceptors (Lipinski definition) is 15. The van der Waals surface area contributed by atoms with Crippen molar-refractivity contribution in [2.75, 3.05) is 39.6 Å². The van der Waals surface area contributed by atoms with E-state index in [0.29, 0.717) is 25.7 Å². The number of carbonyl (C=O) groups is 4. The van der Waals surface area contributed by atoms with Gasteiger partial charge in [-0.3, -0.25) is 37.3 Å². The summed E-state index contributed by atoms with van der Waals surface area (Å²) in [5.41, 5.74) is 0. The molecule has 17 nitrogen and oxygen atoms in total.